The fraction of sp³-hybridized carbons (Fsp3) is 0.429. The molecule has 3 heterocycles. The van der Waals surface area contributed by atoms with Crippen LogP contribution in [0.3, 0.4) is 0 Å². The summed E-state index contributed by atoms with van der Waals surface area (Å²) >= 11 is 0. The van der Waals surface area contributed by atoms with Gasteiger partial charge in [-0.25, -0.2) is 0 Å². The molecule has 0 aliphatic carbocycles. The Hall–Kier alpha value is -2.40. The number of pyridine rings is 2. The Morgan fingerprint density at radius 1 is 1.12 bits per heavy atom. The smallest absolute Gasteiger partial charge is 0.163 e. The van der Waals surface area contributed by atoms with E-state index in [0.717, 1.165) is 52.0 Å². The Balaban J connectivity index is 1.59. The molecule has 136 valence electrons. The highest BCUT2D eigenvalue weighted by molar-refractivity contribution is 6.05. The van der Waals surface area contributed by atoms with Crippen molar-refractivity contribution in [3.63, 3.8) is 0 Å². The third kappa shape index (κ3) is 3.31. The summed E-state index contributed by atoms with van der Waals surface area (Å²) in [7, 11) is 1.68. The number of likely N-dealkylation sites (tertiary alicyclic amines) is 1. The molecule has 0 spiro atoms. The quantitative estimate of drug-likeness (QED) is 0.497. The fourth-order valence-corrected chi connectivity index (χ4v) is 3.73. The van der Waals surface area contributed by atoms with Gasteiger partial charge >= 0.3 is 0 Å². The fourth-order valence-electron chi connectivity index (χ4n) is 3.73. The molecular formula is C21H25N3O2. The number of methoxy groups -OCH3 is 1. The Morgan fingerprint density at radius 3 is 2.77 bits per heavy atom. The van der Waals surface area contributed by atoms with Crippen molar-refractivity contribution in [1.29, 1.82) is 0 Å². The number of nitrogens with zero attached hydrogens (tertiary/aromatic N) is 3. The molecule has 0 saturated carbocycles. The second-order valence-corrected chi connectivity index (χ2v) is 6.87. The molecule has 2 aromatic heterocycles. The van der Waals surface area contributed by atoms with Crippen LogP contribution in [0.5, 0.6) is 11.5 Å². The van der Waals surface area contributed by atoms with Crippen LogP contribution in [0.15, 0.2) is 30.5 Å². The van der Waals surface area contributed by atoms with Crippen LogP contribution >= 0.6 is 0 Å². The van der Waals surface area contributed by atoms with Gasteiger partial charge in [0, 0.05) is 35.3 Å². The maximum atomic E-state index is 6.04. The lowest BCUT2D eigenvalue weighted by molar-refractivity contribution is 0.254. The van der Waals surface area contributed by atoms with Crippen LogP contribution in [0.4, 0.5) is 0 Å². The van der Waals surface area contributed by atoms with E-state index in [9.17, 15) is 0 Å². The average molecular weight is 351 g/mol. The van der Waals surface area contributed by atoms with Gasteiger partial charge in [0.2, 0.25) is 0 Å². The molecule has 1 aromatic carbocycles. The third-order valence-electron chi connectivity index (χ3n) is 5.10. The van der Waals surface area contributed by atoms with Crippen molar-refractivity contribution in [2.45, 2.75) is 26.2 Å². The lowest BCUT2D eigenvalue weighted by Crippen LogP contribution is -2.21. The molecule has 26 heavy (non-hydrogen) atoms. The molecule has 3 aromatic rings. The summed E-state index contributed by atoms with van der Waals surface area (Å²) in [6.45, 7) is 6.25. The van der Waals surface area contributed by atoms with Gasteiger partial charge in [-0.3, -0.25) is 9.97 Å². The SMILES string of the molecule is COc1cc2c(cc1OCCCN1CCCC1)nc(C)c1cccnc12. The minimum atomic E-state index is 0.684. The molecule has 1 saturated heterocycles. The number of fused-ring (bicyclic) bond motifs is 3. The van der Waals surface area contributed by atoms with Gasteiger partial charge < -0.3 is 14.4 Å². The maximum absolute atomic E-state index is 6.04. The third-order valence-corrected chi connectivity index (χ3v) is 5.10. The van der Waals surface area contributed by atoms with E-state index in [1.165, 1.54) is 25.9 Å². The van der Waals surface area contributed by atoms with Crippen molar-refractivity contribution in [2.24, 2.45) is 0 Å². The molecule has 0 amide bonds. The summed E-state index contributed by atoms with van der Waals surface area (Å²) in [5, 5.41) is 2.06. The molecule has 0 radical (unpaired) electrons. The zero-order valence-electron chi connectivity index (χ0n) is 15.5. The highest BCUT2D eigenvalue weighted by atomic mass is 16.5. The van der Waals surface area contributed by atoms with E-state index in [-0.39, 0.29) is 0 Å². The number of aromatic nitrogens is 2. The lowest BCUT2D eigenvalue weighted by atomic mass is 10.1. The van der Waals surface area contributed by atoms with Gasteiger partial charge in [-0.15, -0.1) is 0 Å². The largest absolute Gasteiger partial charge is 0.493 e. The van der Waals surface area contributed by atoms with E-state index >= 15 is 0 Å². The molecule has 5 heteroatoms. The van der Waals surface area contributed by atoms with E-state index in [2.05, 4.69) is 16.0 Å². The second kappa shape index (κ2) is 7.46. The Kier molecular flexibility index (Phi) is 4.89. The van der Waals surface area contributed by atoms with E-state index in [1.807, 2.05) is 31.3 Å². The first kappa shape index (κ1) is 17.0. The molecule has 0 atom stereocenters. The van der Waals surface area contributed by atoms with Crippen molar-refractivity contribution in [1.82, 2.24) is 14.9 Å². The monoisotopic (exact) mass is 351 g/mol. The van der Waals surface area contributed by atoms with E-state index < -0.39 is 0 Å². The lowest BCUT2D eigenvalue weighted by Gasteiger charge is -2.16. The molecular weight excluding hydrogens is 326 g/mol. The van der Waals surface area contributed by atoms with Crippen LogP contribution in [-0.2, 0) is 0 Å². The topological polar surface area (TPSA) is 47.5 Å². The van der Waals surface area contributed by atoms with Crippen LogP contribution in [0.2, 0.25) is 0 Å². The van der Waals surface area contributed by atoms with Crippen molar-refractivity contribution in [3.8, 4) is 11.5 Å². The van der Waals surface area contributed by atoms with E-state index in [1.54, 1.807) is 7.11 Å². The summed E-state index contributed by atoms with van der Waals surface area (Å²) in [5.74, 6) is 1.49. The highest BCUT2D eigenvalue weighted by Crippen LogP contribution is 2.35. The van der Waals surface area contributed by atoms with Crippen LogP contribution in [0, 0.1) is 6.92 Å². The molecule has 0 N–H and O–H groups in total. The molecule has 1 aliphatic heterocycles. The molecule has 4 rings (SSSR count). The second-order valence-electron chi connectivity index (χ2n) is 6.87. The number of ether oxygens (including phenoxy) is 2. The van der Waals surface area contributed by atoms with Crippen LogP contribution in [-0.4, -0.2) is 48.2 Å². The summed E-state index contributed by atoms with van der Waals surface area (Å²) in [4.78, 5) is 11.8. The maximum Gasteiger partial charge on any atom is 0.163 e. The highest BCUT2D eigenvalue weighted by Gasteiger charge is 2.14. The average Bonchev–Trinajstić information content (AvgIpc) is 3.18. The predicted molar refractivity (Wildman–Crippen MR) is 104 cm³/mol. The minimum Gasteiger partial charge on any atom is -0.493 e. The van der Waals surface area contributed by atoms with Gasteiger partial charge in [0.15, 0.2) is 11.5 Å². The number of rotatable bonds is 6. The Morgan fingerprint density at radius 2 is 1.96 bits per heavy atom. The molecule has 1 aliphatic rings. The zero-order chi connectivity index (χ0) is 17.9. The first-order valence-electron chi connectivity index (χ1n) is 9.34. The summed E-state index contributed by atoms with van der Waals surface area (Å²) in [5.41, 5.74) is 2.82. The Bertz CT molecular complexity index is 920. The molecule has 5 nitrogen and oxygen atoms in total. The van der Waals surface area contributed by atoms with Gasteiger partial charge in [-0.2, -0.15) is 0 Å². The van der Waals surface area contributed by atoms with Gasteiger partial charge in [0.25, 0.3) is 0 Å². The van der Waals surface area contributed by atoms with Gasteiger partial charge in [0.05, 0.1) is 24.8 Å². The predicted octanol–water partition coefficient (Wildman–Crippen LogP) is 3.96. The van der Waals surface area contributed by atoms with Crippen LogP contribution in [0.1, 0.15) is 25.0 Å². The Labute approximate surface area is 153 Å². The molecule has 0 unspecified atom stereocenters. The number of hydrogen-bond donors (Lipinski definition) is 0. The number of aryl methyl sites for hydroxylation is 1. The van der Waals surface area contributed by atoms with E-state index in [0.29, 0.717) is 6.61 Å². The van der Waals surface area contributed by atoms with Crippen molar-refractivity contribution >= 4 is 21.8 Å². The van der Waals surface area contributed by atoms with Crippen molar-refractivity contribution in [3.05, 3.63) is 36.2 Å². The van der Waals surface area contributed by atoms with Gasteiger partial charge in [-0.05, 0) is 57.5 Å². The standard InChI is InChI=1S/C21H25N3O2/c1-15-16-7-5-8-22-21(16)17-13-19(25-2)20(14-18(17)23-15)26-12-6-11-24-9-3-4-10-24/h5,7-8,13-14H,3-4,6,9-12H2,1-2H3. The summed E-state index contributed by atoms with van der Waals surface area (Å²) < 4.78 is 11.6. The number of hydrogen-bond acceptors (Lipinski definition) is 5. The van der Waals surface area contributed by atoms with Crippen LogP contribution in [0.25, 0.3) is 21.8 Å². The zero-order valence-corrected chi connectivity index (χ0v) is 15.5. The molecule has 0 bridgehead atoms. The normalized spacial score (nSPS) is 15.0. The van der Waals surface area contributed by atoms with Crippen molar-refractivity contribution in [2.75, 3.05) is 33.4 Å². The van der Waals surface area contributed by atoms with E-state index in [4.69, 9.17) is 14.5 Å². The van der Waals surface area contributed by atoms with Gasteiger partial charge in [0.1, 0.15) is 0 Å². The number of benzene rings is 1. The molecule has 1 fully saturated rings. The first-order chi connectivity index (χ1) is 12.8. The summed E-state index contributed by atoms with van der Waals surface area (Å²) in [6.07, 6.45) is 5.49. The first-order valence-corrected chi connectivity index (χ1v) is 9.34. The summed E-state index contributed by atoms with van der Waals surface area (Å²) in [6, 6.07) is 7.97. The minimum absolute atomic E-state index is 0.684. The van der Waals surface area contributed by atoms with Crippen molar-refractivity contribution < 1.29 is 9.47 Å². The van der Waals surface area contributed by atoms with Gasteiger partial charge in [-0.1, -0.05) is 0 Å². The van der Waals surface area contributed by atoms with Crippen LogP contribution < -0.4 is 9.47 Å².